The molecule has 0 bridgehead atoms. The maximum atomic E-state index is 12.5. The van der Waals surface area contributed by atoms with Gasteiger partial charge in [-0.2, -0.15) is 0 Å². The highest BCUT2D eigenvalue weighted by molar-refractivity contribution is 7.99. The Kier molecular flexibility index (Phi) is 7.76. The van der Waals surface area contributed by atoms with Gasteiger partial charge in [0.15, 0.2) is 5.16 Å². The number of aromatic nitrogens is 2. The molecule has 29 heavy (non-hydrogen) atoms. The van der Waals surface area contributed by atoms with E-state index in [0.717, 1.165) is 29.2 Å². The van der Waals surface area contributed by atoms with Gasteiger partial charge in [-0.3, -0.25) is 4.79 Å². The first-order valence-corrected chi connectivity index (χ1v) is 10.8. The van der Waals surface area contributed by atoms with Crippen LogP contribution in [0.25, 0.3) is 0 Å². The van der Waals surface area contributed by atoms with E-state index in [1.165, 1.54) is 11.8 Å². The second kappa shape index (κ2) is 10.7. The van der Waals surface area contributed by atoms with Crippen molar-refractivity contribution in [3.63, 3.8) is 0 Å². The third-order valence-electron chi connectivity index (χ3n) is 4.31. The van der Waals surface area contributed by atoms with Gasteiger partial charge in [-0.1, -0.05) is 49.0 Å². The Hall–Kier alpha value is -2.73. The van der Waals surface area contributed by atoms with E-state index in [0.29, 0.717) is 36.1 Å². The van der Waals surface area contributed by atoms with Crippen molar-refractivity contribution < 1.29 is 9.47 Å². The zero-order valence-electron chi connectivity index (χ0n) is 16.8. The van der Waals surface area contributed by atoms with E-state index in [2.05, 4.69) is 16.9 Å². The first-order valence-electron chi connectivity index (χ1n) is 9.78. The SMILES string of the molecule is CCCOc1ccc(OCCSc2nc(C)c(Cc3ccccc3)c(=O)[nH]2)cc1. The largest absolute Gasteiger partial charge is 0.494 e. The normalized spacial score (nSPS) is 10.7. The number of ether oxygens (including phenoxy) is 2. The third kappa shape index (κ3) is 6.39. The van der Waals surface area contributed by atoms with Crippen LogP contribution in [0.3, 0.4) is 0 Å². The number of aryl methyl sites for hydroxylation is 1. The lowest BCUT2D eigenvalue weighted by atomic mass is 10.1. The monoisotopic (exact) mass is 410 g/mol. The Morgan fingerprint density at radius 1 is 0.966 bits per heavy atom. The fourth-order valence-electron chi connectivity index (χ4n) is 2.81. The van der Waals surface area contributed by atoms with Crippen molar-refractivity contribution in [2.75, 3.05) is 19.0 Å². The van der Waals surface area contributed by atoms with Gasteiger partial charge in [-0.05, 0) is 43.2 Å². The van der Waals surface area contributed by atoms with Crippen LogP contribution in [0.5, 0.6) is 11.5 Å². The van der Waals surface area contributed by atoms with E-state index in [4.69, 9.17) is 9.47 Å². The molecule has 0 atom stereocenters. The fourth-order valence-corrected chi connectivity index (χ4v) is 3.54. The standard InChI is InChI=1S/C23H26N2O3S/c1-3-13-27-19-9-11-20(12-10-19)28-14-15-29-23-24-17(2)21(22(26)25-23)16-18-7-5-4-6-8-18/h4-12H,3,13-16H2,1-2H3,(H,24,25,26). The Morgan fingerprint density at radius 2 is 1.62 bits per heavy atom. The number of nitrogens with one attached hydrogen (secondary N) is 1. The van der Waals surface area contributed by atoms with E-state index in [1.807, 2.05) is 61.5 Å². The minimum Gasteiger partial charge on any atom is -0.494 e. The molecule has 0 fully saturated rings. The molecule has 0 saturated carbocycles. The van der Waals surface area contributed by atoms with Crippen LogP contribution < -0.4 is 15.0 Å². The van der Waals surface area contributed by atoms with E-state index in [1.54, 1.807) is 0 Å². The van der Waals surface area contributed by atoms with Crippen molar-refractivity contribution in [1.29, 1.82) is 0 Å². The fraction of sp³-hybridized carbons (Fsp3) is 0.304. The lowest BCUT2D eigenvalue weighted by molar-refractivity contribution is 0.314. The first-order chi connectivity index (χ1) is 14.2. The molecule has 0 amide bonds. The van der Waals surface area contributed by atoms with Gasteiger partial charge in [0.1, 0.15) is 11.5 Å². The summed E-state index contributed by atoms with van der Waals surface area (Å²) < 4.78 is 11.3. The summed E-state index contributed by atoms with van der Waals surface area (Å²) >= 11 is 1.48. The number of hydrogen-bond acceptors (Lipinski definition) is 5. The number of benzene rings is 2. The van der Waals surface area contributed by atoms with Crippen LogP contribution in [-0.4, -0.2) is 28.9 Å². The first kappa shape index (κ1) is 21.0. The summed E-state index contributed by atoms with van der Waals surface area (Å²) in [5.41, 5.74) is 2.50. The minimum absolute atomic E-state index is 0.0764. The smallest absolute Gasteiger partial charge is 0.255 e. The van der Waals surface area contributed by atoms with Crippen LogP contribution in [0.2, 0.25) is 0 Å². The number of aromatic amines is 1. The predicted molar refractivity (Wildman–Crippen MR) is 117 cm³/mol. The van der Waals surface area contributed by atoms with Crippen LogP contribution in [0.15, 0.2) is 64.5 Å². The molecule has 0 saturated heterocycles. The molecular weight excluding hydrogens is 384 g/mol. The van der Waals surface area contributed by atoms with Gasteiger partial charge < -0.3 is 14.5 Å². The molecule has 1 aromatic heterocycles. The van der Waals surface area contributed by atoms with Crippen molar-refractivity contribution in [3.8, 4) is 11.5 Å². The highest BCUT2D eigenvalue weighted by Gasteiger charge is 2.09. The minimum atomic E-state index is -0.0764. The maximum absolute atomic E-state index is 12.5. The second-order valence-corrected chi connectivity index (χ2v) is 7.70. The summed E-state index contributed by atoms with van der Waals surface area (Å²) in [6, 6.07) is 17.6. The summed E-state index contributed by atoms with van der Waals surface area (Å²) in [6.07, 6.45) is 1.57. The summed E-state index contributed by atoms with van der Waals surface area (Å²) in [4.78, 5) is 19.9. The van der Waals surface area contributed by atoms with E-state index >= 15 is 0 Å². The number of nitrogens with zero attached hydrogens (tertiary/aromatic N) is 1. The van der Waals surface area contributed by atoms with Crippen LogP contribution in [-0.2, 0) is 6.42 Å². The quantitative estimate of drug-likeness (QED) is 0.300. The van der Waals surface area contributed by atoms with Gasteiger partial charge in [-0.25, -0.2) is 4.98 Å². The highest BCUT2D eigenvalue weighted by Crippen LogP contribution is 2.19. The summed E-state index contributed by atoms with van der Waals surface area (Å²) in [6.45, 7) is 5.20. The number of thioether (sulfide) groups is 1. The third-order valence-corrected chi connectivity index (χ3v) is 5.15. The van der Waals surface area contributed by atoms with Crippen molar-refractivity contribution in [2.24, 2.45) is 0 Å². The predicted octanol–water partition coefficient (Wildman–Crippen LogP) is 4.63. The van der Waals surface area contributed by atoms with Gasteiger partial charge in [0.25, 0.3) is 5.56 Å². The molecule has 0 aliphatic heterocycles. The average Bonchev–Trinajstić information content (AvgIpc) is 2.74. The maximum Gasteiger partial charge on any atom is 0.255 e. The van der Waals surface area contributed by atoms with E-state index < -0.39 is 0 Å². The molecule has 6 heteroatoms. The Balaban J connectivity index is 1.50. The molecular formula is C23H26N2O3S. The molecule has 0 spiro atoms. The van der Waals surface area contributed by atoms with Gasteiger partial charge in [0, 0.05) is 23.4 Å². The summed E-state index contributed by atoms with van der Waals surface area (Å²) in [5.74, 6) is 2.33. The molecule has 0 aliphatic rings. The molecule has 1 N–H and O–H groups in total. The zero-order valence-corrected chi connectivity index (χ0v) is 17.6. The Labute approximate surface area is 175 Å². The highest BCUT2D eigenvalue weighted by atomic mass is 32.2. The molecule has 2 aromatic carbocycles. The number of rotatable bonds is 10. The molecule has 5 nitrogen and oxygen atoms in total. The van der Waals surface area contributed by atoms with Crippen LogP contribution >= 0.6 is 11.8 Å². The number of hydrogen-bond donors (Lipinski definition) is 1. The Morgan fingerprint density at radius 3 is 2.24 bits per heavy atom. The summed E-state index contributed by atoms with van der Waals surface area (Å²) in [5, 5.41) is 0.622. The van der Waals surface area contributed by atoms with Crippen molar-refractivity contribution in [1.82, 2.24) is 9.97 Å². The van der Waals surface area contributed by atoms with Crippen LogP contribution in [0.4, 0.5) is 0 Å². The molecule has 1 heterocycles. The van der Waals surface area contributed by atoms with Gasteiger partial charge in [0.2, 0.25) is 0 Å². The van der Waals surface area contributed by atoms with E-state index in [-0.39, 0.29) is 5.56 Å². The van der Waals surface area contributed by atoms with E-state index in [9.17, 15) is 4.79 Å². The van der Waals surface area contributed by atoms with Crippen LogP contribution in [0, 0.1) is 6.92 Å². The lowest BCUT2D eigenvalue weighted by Crippen LogP contribution is -2.18. The number of H-pyrrole nitrogens is 1. The van der Waals surface area contributed by atoms with Crippen molar-refractivity contribution >= 4 is 11.8 Å². The van der Waals surface area contributed by atoms with Gasteiger partial charge >= 0.3 is 0 Å². The molecule has 3 aromatic rings. The molecule has 3 rings (SSSR count). The molecule has 0 aliphatic carbocycles. The molecule has 152 valence electrons. The zero-order chi connectivity index (χ0) is 20.5. The average molecular weight is 411 g/mol. The van der Waals surface area contributed by atoms with Crippen LogP contribution in [0.1, 0.15) is 30.2 Å². The lowest BCUT2D eigenvalue weighted by Gasteiger charge is -2.09. The molecule has 0 radical (unpaired) electrons. The summed E-state index contributed by atoms with van der Waals surface area (Å²) in [7, 11) is 0. The van der Waals surface area contributed by atoms with Crippen molar-refractivity contribution in [2.45, 2.75) is 31.8 Å². The Bertz CT molecular complexity index is 956. The van der Waals surface area contributed by atoms with Crippen molar-refractivity contribution in [3.05, 3.63) is 81.8 Å². The molecule has 0 unspecified atom stereocenters. The van der Waals surface area contributed by atoms with Gasteiger partial charge in [0.05, 0.1) is 13.2 Å². The topological polar surface area (TPSA) is 64.2 Å². The second-order valence-electron chi connectivity index (χ2n) is 6.61. The van der Waals surface area contributed by atoms with Gasteiger partial charge in [-0.15, -0.1) is 0 Å².